The van der Waals surface area contributed by atoms with Gasteiger partial charge in [-0.25, -0.2) is 13.4 Å². The molecule has 10 rings (SSSR count). The van der Waals surface area contributed by atoms with Crippen LogP contribution in [0.5, 0.6) is 11.5 Å². The first-order valence-electron chi connectivity index (χ1n) is 16.2. The Kier molecular flexibility index (Phi) is 10.5. The van der Waals surface area contributed by atoms with Crippen molar-refractivity contribution in [3.05, 3.63) is 106 Å². The van der Waals surface area contributed by atoms with Crippen molar-refractivity contribution in [3.63, 3.8) is 0 Å². The minimum atomic E-state index is -4.77. The predicted octanol–water partition coefficient (Wildman–Crippen LogP) is 1.15. The van der Waals surface area contributed by atoms with Gasteiger partial charge >= 0.3 is 29.6 Å². The maximum Gasteiger partial charge on any atom is 1.00 e. The van der Waals surface area contributed by atoms with E-state index in [1.807, 2.05) is 42.5 Å². The zero-order valence-corrected chi connectivity index (χ0v) is 30.1. The smallest absolute Gasteiger partial charge is 0.748 e. The molecule has 0 radical (unpaired) electrons. The number of aliphatic hydroxyl groups excluding tert-OH is 1. The number of aliphatic hydroxyl groups is 1. The van der Waals surface area contributed by atoms with Crippen LogP contribution in [-0.2, 0) is 21.3 Å². The number of nitrogens with zero attached hydrogens (tertiary/aromatic N) is 1. The fourth-order valence-electron chi connectivity index (χ4n) is 7.97. The van der Waals surface area contributed by atoms with Gasteiger partial charge in [-0.3, -0.25) is 0 Å². The standard InChI is InChI=1S/C37H39N3O7S.Na/c38-37(39)40-36-23-9-7-22(8-10-23)34-26-16-27(18-31(34)33(48(43,44)45)15-6-21-4-12-29(46-36)13-5-21)35-30-14-11-28(42)17-24(30)2-1-3-25(20-41)32(19-26)47-35;/h4-5,7-14,17-18,25-26,31-36,41-42H,3,6,15-16,19-20H2,(H4,38,39,40)(H,43,44,45);/q;+1/p-1/t25-,26+,31+,32+,33-,34-,35-,36-;/m1./s1. The molecule has 6 N–H and O–H groups in total. The van der Waals surface area contributed by atoms with Crippen LogP contribution in [0.3, 0.4) is 0 Å². The number of benzene rings is 3. The van der Waals surface area contributed by atoms with Crippen molar-refractivity contribution in [2.75, 3.05) is 6.61 Å². The van der Waals surface area contributed by atoms with E-state index in [1.54, 1.807) is 30.3 Å². The Bertz CT molecular complexity index is 1920. The van der Waals surface area contributed by atoms with Crippen molar-refractivity contribution in [2.45, 2.75) is 61.7 Å². The summed E-state index contributed by atoms with van der Waals surface area (Å²) < 4.78 is 52.8. The van der Waals surface area contributed by atoms with Gasteiger partial charge in [-0.05, 0) is 84.4 Å². The van der Waals surface area contributed by atoms with Crippen LogP contribution in [0.1, 0.15) is 71.8 Å². The number of guanidine groups is 1. The summed E-state index contributed by atoms with van der Waals surface area (Å²) in [5.41, 5.74) is 16.2. The van der Waals surface area contributed by atoms with E-state index in [0.717, 1.165) is 22.3 Å². The topological polar surface area (TPSA) is 181 Å². The number of hydrogen-bond donors (Lipinski definition) is 4. The molecular weight excluding hydrogens is 653 g/mol. The fourth-order valence-corrected chi connectivity index (χ4v) is 9.01. The molecule has 0 saturated carbocycles. The Morgan fingerprint density at radius 1 is 1.04 bits per heavy atom. The van der Waals surface area contributed by atoms with E-state index in [1.165, 1.54) is 0 Å². The zero-order chi connectivity index (χ0) is 33.6. The molecule has 1 fully saturated rings. The molecule has 1 saturated heterocycles. The molecule has 250 valence electrons. The van der Waals surface area contributed by atoms with Crippen LogP contribution in [0, 0.1) is 29.6 Å². The Hall–Kier alpha value is -3.34. The molecular formula is C37H38N3NaO7S. The van der Waals surface area contributed by atoms with Gasteiger partial charge in [0.2, 0.25) is 6.23 Å². The van der Waals surface area contributed by atoms with Crippen LogP contribution in [0.25, 0.3) is 0 Å². The fraction of sp³-hybridized carbons (Fsp3) is 0.378. The second-order valence-corrected chi connectivity index (χ2v) is 14.8. The number of aryl methyl sites for hydroxylation is 1. The summed E-state index contributed by atoms with van der Waals surface area (Å²) in [6, 6.07) is 19.9. The normalized spacial score (nSPS) is 28.7. The third-order valence-electron chi connectivity index (χ3n) is 10.2. The van der Waals surface area contributed by atoms with Crippen LogP contribution in [0.4, 0.5) is 0 Å². The molecule has 6 aliphatic heterocycles. The summed E-state index contributed by atoms with van der Waals surface area (Å²) in [5.74, 6) is 5.44. The second kappa shape index (κ2) is 14.5. The molecule has 0 unspecified atom stereocenters. The number of ether oxygens (including phenoxy) is 2. The maximum absolute atomic E-state index is 13.3. The van der Waals surface area contributed by atoms with Gasteiger partial charge in [-0.15, -0.1) is 0 Å². The molecule has 1 aliphatic carbocycles. The van der Waals surface area contributed by atoms with Crippen molar-refractivity contribution in [1.82, 2.24) is 0 Å². The molecule has 8 atom stereocenters. The Labute approximate surface area is 308 Å². The van der Waals surface area contributed by atoms with E-state index >= 15 is 0 Å². The quantitative estimate of drug-likeness (QED) is 0.0783. The number of allylic oxidation sites excluding steroid dienone is 1. The van der Waals surface area contributed by atoms with E-state index in [0.29, 0.717) is 42.6 Å². The molecule has 7 aliphatic rings. The van der Waals surface area contributed by atoms with Crippen molar-refractivity contribution >= 4 is 16.1 Å². The molecule has 12 heteroatoms. The van der Waals surface area contributed by atoms with E-state index in [-0.39, 0.29) is 78.2 Å². The summed E-state index contributed by atoms with van der Waals surface area (Å²) in [6.45, 7) is -0.134. The van der Waals surface area contributed by atoms with Gasteiger partial charge in [0.1, 0.15) is 17.6 Å². The zero-order valence-electron chi connectivity index (χ0n) is 27.2. The molecule has 3 aromatic carbocycles. The number of aromatic hydroxyl groups is 1. The predicted molar refractivity (Wildman–Crippen MR) is 179 cm³/mol. The van der Waals surface area contributed by atoms with E-state index in [4.69, 9.17) is 20.9 Å². The average Bonchev–Trinajstić information content (AvgIpc) is 3.14. The minimum absolute atomic E-state index is 0. The average molecular weight is 692 g/mol. The number of rotatable bonds is 3. The first-order valence-corrected chi connectivity index (χ1v) is 17.7. The van der Waals surface area contributed by atoms with Crippen molar-refractivity contribution in [3.8, 4) is 23.3 Å². The van der Waals surface area contributed by atoms with Gasteiger partial charge in [0.05, 0.1) is 21.5 Å². The van der Waals surface area contributed by atoms with Crippen molar-refractivity contribution in [2.24, 2.45) is 34.2 Å². The minimum Gasteiger partial charge on any atom is -0.748 e. The summed E-state index contributed by atoms with van der Waals surface area (Å²) in [5, 5.41) is 19.6. The number of phenols is 1. The molecule has 0 aromatic heterocycles. The summed E-state index contributed by atoms with van der Waals surface area (Å²) in [4.78, 5) is 4.32. The molecule has 8 bridgehead atoms. The van der Waals surface area contributed by atoms with Crippen molar-refractivity contribution in [1.29, 1.82) is 0 Å². The largest absolute Gasteiger partial charge is 1.00 e. The number of aliphatic imine (C=N–C) groups is 1. The molecule has 49 heavy (non-hydrogen) atoms. The van der Waals surface area contributed by atoms with Gasteiger partial charge in [0.15, 0.2) is 5.96 Å². The van der Waals surface area contributed by atoms with Crippen LogP contribution in [-0.4, -0.2) is 47.1 Å². The van der Waals surface area contributed by atoms with Crippen LogP contribution in [0.2, 0.25) is 0 Å². The van der Waals surface area contributed by atoms with Crippen molar-refractivity contribution < 1.29 is 62.2 Å². The van der Waals surface area contributed by atoms with E-state index < -0.39 is 33.6 Å². The Morgan fingerprint density at radius 2 is 1.78 bits per heavy atom. The third-order valence-corrected chi connectivity index (χ3v) is 11.5. The maximum atomic E-state index is 13.3. The van der Waals surface area contributed by atoms with Gasteiger partial charge in [0.25, 0.3) is 0 Å². The molecule has 10 nitrogen and oxygen atoms in total. The second-order valence-electron chi connectivity index (χ2n) is 13.2. The van der Waals surface area contributed by atoms with E-state index in [9.17, 15) is 23.2 Å². The first-order chi connectivity index (χ1) is 23.1. The SMILES string of the molecule is NC(N)=N[C@@H]1Oc2ccc(cc2)CC[C@@H](S(=O)(=O)[O-])[C@@H]2C=C3C[C@@H](C[C@@H]4O[C@H]3c3ccc(O)cc3C#CC[C@@H]4CO)[C@H]2c2ccc1cc2.[Na+]. The molecule has 0 spiro atoms. The van der Waals surface area contributed by atoms with Gasteiger partial charge in [-0.1, -0.05) is 60.4 Å². The van der Waals surface area contributed by atoms with E-state index in [2.05, 4.69) is 16.8 Å². The van der Waals surface area contributed by atoms with Gasteiger partial charge in [0, 0.05) is 35.6 Å². The monoisotopic (exact) mass is 691 g/mol. The number of nitrogens with two attached hydrogens (primary N) is 2. The molecule has 3 aromatic rings. The number of hydrogen-bond acceptors (Lipinski definition) is 8. The summed E-state index contributed by atoms with van der Waals surface area (Å²) >= 11 is 0. The van der Waals surface area contributed by atoms with Crippen LogP contribution < -0.4 is 45.8 Å². The van der Waals surface area contributed by atoms with Gasteiger partial charge in [-0.2, -0.15) is 0 Å². The van der Waals surface area contributed by atoms with Crippen LogP contribution >= 0.6 is 0 Å². The molecule has 0 amide bonds. The summed E-state index contributed by atoms with van der Waals surface area (Å²) in [7, 11) is -4.77. The molecule has 6 heterocycles. The van der Waals surface area contributed by atoms with Crippen LogP contribution in [0.15, 0.2) is 83.4 Å². The summed E-state index contributed by atoms with van der Waals surface area (Å²) in [6.07, 6.45) is 2.19. The third kappa shape index (κ3) is 7.42. The first kappa shape index (κ1) is 35.5. The Morgan fingerprint density at radius 3 is 2.47 bits per heavy atom. The number of phenolic OH excluding ortho intramolecular Hbond substituents is 1. The number of fused-ring (bicyclic) bond motifs is 7. The van der Waals surface area contributed by atoms with Gasteiger partial charge < -0.3 is 35.7 Å². The Balaban J connectivity index is 0.00000417.